The molecule has 0 N–H and O–H groups in total. The van der Waals surface area contributed by atoms with Gasteiger partial charge in [0.05, 0.1) is 0 Å². The average Bonchev–Trinajstić information content (AvgIpc) is 2.55. The Labute approximate surface area is 125 Å². The zero-order valence-corrected chi connectivity index (χ0v) is 12.1. The van der Waals surface area contributed by atoms with Crippen molar-refractivity contribution in [2.45, 2.75) is 12.8 Å². The van der Waals surface area contributed by atoms with Crippen LogP contribution in [0.2, 0.25) is 0 Å². The molecule has 2 aromatic carbocycles. The molecule has 0 saturated carbocycles. The molecule has 1 aliphatic heterocycles. The van der Waals surface area contributed by atoms with Gasteiger partial charge in [0.25, 0.3) is 0 Å². The van der Waals surface area contributed by atoms with Gasteiger partial charge < -0.3 is 0 Å². The maximum atomic E-state index is 12.9. The Kier molecular flexibility index (Phi) is 4.46. The van der Waals surface area contributed by atoms with Crippen LogP contribution in [0.3, 0.4) is 0 Å². The fourth-order valence-electron chi connectivity index (χ4n) is 2.77. The second-order valence-electron chi connectivity index (χ2n) is 5.52. The molecule has 0 amide bonds. The summed E-state index contributed by atoms with van der Waals surface area (Å²) in [6.07, 6.45) is 4.42. The first kappa shape index (κ1) is 14.0. The molecule has 0 radical (unpaired) electrons. The van der Waals surface area contributed by atoms with Crippen LogP contribution >= 0.6 is 0 Å². The van der Waals surface area contributed by atoms with Crippen molar-refractivity contribution in [1.82, 2.24) is 4.90 Å². The molecule has 108 valence electrons. The Balaban J connectivity index is 1.55. The second-order valence-corrected chi connectivity index (χ2v) is 5.52. The molecule has 0 fully saturated rings. The van der Waals surface area contributed by atoms with Gasteiger partial charge in [0.1, 0.15) is 5.82 Å². The van der Waals surface area contributed by atoms with Gasteiger partial charge >= 0.3 is 0 Å². The highest BCUT2D eigenvalue weighted by Gasteiger charge is 2.12. The third-order valence-corrected chi connectivity index (χ3v) is 4.07. The van der Waals surface area contributed by atoms with Crippen molar-refractivity contribution in [3.63, 3.8) is 0 Å². The summed E-state index contributed by atoms with van der Waals surface area (Å²) in [5, 5.41) is 0. The van der Waals surface area contributed by atoms with Crippen molar-refractivity contribution in [1.29, 1.82) is 0 Å². The van der Waals surface area contributed by atoms with Gasteiger partial charge in [-0.2, -0.15) is 0 Å². The van der Waals surface area contributed by atoms with Crippen LogP contribution in [0.4, 0.5) is 4.39 Å². The van der Waals surface area contributed by atoms with Gasteiger partial charge in [-0.1, -0.05) is 48.5 Å². The largest absolute Gasteiger partial charge is 0.299 e. The summed E-state index contributed by atoms with van der Waals surface area (Å²) >= 11 is 0. The minimum absolute atomic E-state index is 0.167. The number of rotatable bonds is 4. The number of nitrogens with zero attached hydrogens (tertiary/aromatic N) is 1. The monoisotopic (exact) mass is 281 g/mol. The molecule has 21 heavy (non-hydrogen) atoms. The SMILES string of the molecule is Fc1ccc(C2=CCN(CCc3ccccc3)CC2)cc1. The summed E-state index contributed by atoms with van der Waals surface area (Å²) in [6.45, 7) is 3.16. The van der Waals surface area contributed by atoms with E-state index < -0.39 is 0 Å². The van der Waals surface area contributed by atoms with E-state index in [1.807, 2.05) is 12.1 Å². The van der Waals surface area contributed by atoms with Crippen LogP contribution in [0.5, 0.6) is 0 Å². The van der Waals surface area contributed by atoms with Crippen LogP contribution in [-0.2, 0) is 6.42 Å². The van der Waals surface area contributed by atoms with Crippen LogP contribution in [0.15, 0.2) is 60.7 Å². The fourth-order valence-corrected chi connectivity index (χ4v) is 2.77. The van der Waals surface area contributed by atoms with Crippen LogP contribution in [0.25, 0.3) is 5.57 Å². The van der Waals surface area contributed by atoms with Crippen molar-refractivity contribution >= 4 is 5.57 Å². The number of hydrogen-bond acceptors (Lipinski definition) is 1. The Morgan fingerprint density at radius 3 is 2.38 bits per heavy atom. The van der Waals surface area contributed by atoms with E-state index >= 15 is 0 Å². The molecular formula is C19H20FN. The summed E-state index contributed by atoms with van der Waals surface area (Å²) in [7, 11) is 0. The topological polar surface area (TPSA) is 3.24 Å². The van der Waals surface area contributed by atoms with Crippen molar-refractivity contribution in [2.24, 2.45) is 0 Å². The van der Waals surface area contributed by atoms with Gasteiger partial charge in [-0.3, -0.25) is 4.90 Å². The van der Waals surface area contributed by atoms with Crippen LogP contribution in [-0.4, -0.2) is 24.5 Å². The summed E-state index contributed by atoms with van der Waals surface area (Å²) in [4.78, 5) is 2.47. The quantitative estimate of drug-likeness (QED) is 0.813. The van der Waals surface area contributed by atoms with E-state index in [1.54, 1.807) is 0 Å². The van der Waals surface area contributed by atoms with E-state index in [-0.39, 0.29) is 5.82 Å². The van der Waals surface area contributed by atoms with Crippen molar-refractivity contribution in [3.05, 3.63) is 77.6 Å². The third kappa shape index (κ3) is 3.79. The standard InChI is InChI=1S/C19H20FN/c20-19-8-6-17(7-9-19)18-11-14-21(15-12-18)13-10-16-4-2-1-3-5-16/h1-9,11H,10,12-15H2. The summed E-state index contributed by atoms with van der Waals surface area (Å²) < 4.78 is 12.9. The number of halogens is 1. The number of benzene rings is 2. The van der Waals surface area contributed by atoms with E-state index in [2.05, 4.69) is 41.3 Å². The Hall–Kier alpha value is -1.93. The van der Waals surface area contributed by atoms with Gasteiger partial charge in [-0.05, 0) is 41.7 Å². The van der Waals surface area contributed by atoms with Crippen molar-refractivity contribution < 1.29 is 4.39 Å². The third-order valence-electron chi connectivity index (χ3n) is 4.07. The fraction of sp³-hybridized carbons (Fsp3) is 0.263. The molecule has 0 aromatic heterocycles. The zero-order chi connectivity index (χ0) is 14.5. The zero-order valence-electron chi connectivity index (χ0n) is 12.1. The summed E-state index contributed by atoms with van der Waals surface area (Å²) in [5.41, 5.74) is 3.89. The first-order valence-corrected chi connectivity index (χ1v) is 7.52. The smallest absolute Gasteiger partial charge is 0.123 e. The molecule has 0 aliphatic carbocycles. The van der Waals surface area contributed by atoms with Crippen LogP contribution < -0.4 is 0 Å². The Morgan fingerprint density at radius 1 is 0.952 bits per heavy atom. The molecule has 0 unspecified atom stereocenters. The Bertz CT molecular complexity index is 601. The highest BCUT2D eigenvalue weighted by molar-refractivity contribution is 5.66. The predicted octanol–water partition coefficient (Wildman–Crippen LogP) is 4.16. The molecule has 0 spiro atoms. The van der Waals surface area contributed by atoms with Gasteiger partial charge in [-0.15, -0.1) is 0 Å². The maximum Gasteiger partial charge on any atom is 0.123 e. The lowest BCUT2D eigenvalue weighted by atomic mass is 9.99. The van der Waals surface area contributed by atoms with Gasteiger partial charge in [0.2, 0.25) is 0 Å². The van der Waals surface area contributed by atoms with E-state index in [0.717, 1.165) is 38.0 Å². The molecule has 1 heterocycles. The molecule has 3 rings (SSSR count). The lowest BCUT2D eigenvalue weighted by Gasteiger charge is -2.26. The molecular weight excluding hydrogens is 261 g/mol. The molecule has 0 bridgehead atoms. The first-order chi connectivity index (χ1) is 10.3. The second kappa shape index (κ2) is 6.68. The molecule has 0 atom stereocenters. The van der Waals surface area contributed by atoms with Crippen LogP contribution in [0, 0.1) is 5.82 Å². The van der Waals surface area contributed by atoms with Gasteiger partial charge in [-0.25, -0.2) is 4.39 Å². The maximum absolute atomic E-state index is 12.9. The minimum atomic E-state index is -0.167. The predicted molar refractivity (Wildman–Crippen MR) is 85.6 cm³/mol. The van der Waals surface area contributed by atoms with E-state index in [1.165, 1.54) is 23.3 Å². The lowest BCUT2D eigenvalue weighted by molar-refractivity contribution is 0.306. The van der Waals surface area contributed by atoms with Crippen molar-refractivity contribution in [2.75, 3.05) is 19.6 Å². The van der Waals surface area contributed by atoms with E-state index in [0.29, 0.717) is 0 Å². The molecule has 2 heteroatoms. The van der Waals surface area contributed by atoms with Gasteiger partial charge in [0.15, 0.2) is 0 Å². The van der Waals surface area contributed by atoms with Crippen LogP contribution in [0.1, 0.15) is 17.5 Å². The molecule has 2 aromatic rings. The minimum Gasteiger partial charge on any atom is -0.299 e. The summed E-state index contributed by atoms with van der Waals surface area (Å²) in [6, 6.07) is 17.4. The normalized spacial score (nSPS) is 15.8. The molecule has 0 saturated heterocycles. The highest BCUT2D eigenvalue weighted by Crippen LogP contribution is 2.22. The average molecular weight is 281 g/mol. The van der Waals surface area contributed by atoms with E-state index in [9.17, 15) is 4.39 Å². The van der Waals surface area contributed by atoms with Gasteiger partial charge in [0, 0.05) is 19.6 Å². The highest BCUT2D eigenvalue weighted by atomic mass is 19.1. The van der Waals surface area contributed by atoms with E-state index in [4.69, 9.17) is 0 Å². The first-order valence-electron chi connectivity index (χ1n) is 7.52. The number of hydrogen-bond donors (Lipinski definition) is 0. The summed E-state index contributed by atoms with van der Waals surface area (Å²) in [5.74, 6) is -0.167. The lowest BCUT2D eigenvalue weighted by Crippen LogP contribution is -2.30. The van der Waals surface area contributed by atoms with Crippen molar-refractivity contribution in [3.8, 4) is 0 Å². The molecule has 1 aliphatic rings. The Morgan fingerprint density at radius 2 is 1.71 bits per heavy atom. The molecule has 1 nitrogen and oxygen atoms in total.